The minimum atomic E-state index is -0.146. The summed E-state index contributed by atoms with van der Waals surface area (Å²) in [4.78, 5) is 24.1. The van der Waals surface area contributed by atoms with Crippen molar-refractivity contribution in [1.82, 2.24) is 0 Å². The van der Waals surface area contributed by atoms with Gasteiger partial charge in [-0.05, 0) is 32.3 Å². The first-order valence-electron chi connectivity index (χ1n) is 7.04. The highest BCUT2D eigenvalue weighted by molar-refractivity contribution is 6.09. The molecule has 0 aromatic rings. The van der Waals surface area contributed by atoms with Gasteiger partial charge in [0.1, 0.15) is 6.10 Å². The van der Waals surface area contributed by atoms with Crippen molar-refractivity contribution >= 4 is 11.8 Å². The lowest BCUT2D eigenvalue weighted by Gasteiger charge is -2.27. The molecular formula is C16H20O3. The van der Waals surface area contributed by atoms with Crippen LogP contribution in [0.25, 0.3) is 0 Å². The van der Waals surface area contributed by atoms with E-state index in [9.17, 15) is 9.59 Å². The lowest BCUT2D eigenvalue weighted by atomic mass is 9.76. The first-order valence-corrected chi connectivity index (χ1v) is 7.04. The number of hydrogen-bond acceptors (Lipinski definition) is 3. The summed E-state index contributed by atoms with van der Waals surface area (Å²) in [5.74, 6) is 0.549. The van der Waals surface area contributed by atoms with Crippen LogP contribution in [0.2, 0.25) is 0 Å². The summed E-state index contributed by atoms with van der Waals surface area (Å²) in [6.07, 6.45) is 2.46. The molecule has 0 aromatic carbocycles. The SMILES string of the molecule is CC1=CC(=O)C2=C(C)C[C@H](C)C3[C@H](OC(=O)[C@H]3C)C12. The largest absolute Gasteiger partial charge is 0.461 e. The molecule has 102 valence electrons. The van der Waals surface area contributed by atoms with E-state index in [2.05, 4.69) is 13.8 Å². The van der Waals surface area contributed by atoms with Crippen molar-refractivity contribution in [3.05, 3.63) is 22.8 Å². The zero-order valence-electron chi connectivity index (χ0n) is 11.9. The quantitative estimate of drug-likeness (QED) is 0.629. The molecule has 3 nitrogen and oxygen atoms in total. The predicted octanol–water partition coefficient (Wildman–Crippen LogP) is 2.67. The van der Waals surface area contributed by atoms with Gasteiger partial charge < -0.3 is 4.74 Å². The first kappa shape index (κ1) is 12.6. The molecule has 1 saturated heterocycles. The van der Waals surface area contributed by atoms with Crippen molar-refractivity contribution in [3.8, 4) is 0 Å². The molecule has 0 bridgehead atoms. The minimum absolute atomic E-state index is 0.00338. The lowest BCUT2D eigenvalue weighted by Crippen LogP contribution is -2.31. The molecule has 1 heterocycles. The van der Waals surface area contributed by atoms with Gasteiger partial charge in [-0.15, -0.1) is 0 Å². The number of esters is 1. The fourth-order valence-electron chi connectivity index (χ4n) is 4.25. The second-order valence-corrected chi connectivity index (χ2v) is 6.37. The van der Waals surface area contributed by atoms with Crippen LogP contribution >= 0.6 is 0 Å². The van der Waals surface area contributed by atoms with Crippen LogP contribution in [0.15, 0.2) is 22.8 Å². The molecule has 0 radical (unpaired) electrons. The van der Waals surface area contributed by atoms with E-state index in [0.717, 1.165) is 17.6 Å². The van der Waals surface area contributed by atoms with E-state index in [1.165, 1.54) is 5.57 Å². The first-order chi connectivity index (χ1) is 8.91. The Morgan fingerprint density at radius 1 is 1.21 bits per heavy atom. The van der Waals surface area contributed by atoms with E-state index < -0.39 is 0 Å². The van der Waals surface area contributed by atoms with Crippen molar-refractivity contribution in [2.45, 2.75) is 40.2 Å². The van der Waals surface area contributed by atoms with Gasteiger partial charge in [0.2, 0.25) is 0 Å². The minimum Gasteiger partial charge on any atom is -0.461 e. The molecule has 5 atom stereocenters. The highest BCUT2D eigenvalue weighted by Crippen LogP contribution is 2.49. The van der Waals surface area contributed by atoms with Gasteiger partial charge in [-0.2, -0.15) is 0 Å². The Morgan fingerprint density at radius 2 is 1.89 bits per heavy atom. The van der Waals surface area contributed by atoms with Crippen LogP contribution < -0.4 is 0 Å². The van der Waals surface area contributed by atoms with Crippen molar-refractivity contribution in [3.63, 3.8) is 0 Å². The van der Waals surface area contributed by atoms with E-state index in [0.29, 0.717) is 5.92 Å². The fraction of sp³-hybridized carbons (Fsp3) is 0.625. The number of ketones is 1. The summed E-state index contributed by atoms with van der Waals surface area (Å²) in [6, 6.07) is 0. The van der Waals surface area contributed by atoms with Crippen LogP contribution in [0.3, 0.4) is 0 Å². The molecule has 2 aliphatic carbocycles. The normalized spacial score (nSPS) is 41.7. The van der Waals surface area contributed by atoms with Gasteiger partial charge in [-0.25, -0.2) is 0 Å². The molecule has 0 saturated carbocycles. The zero-order chi connectivity index (χ0) is 13.9. The Bertz CT molecular complexity index is 526. The highest BCUT2D eigenvalue weighted by atomic mass is 16.6. The molecule has 0 aromatic heterocycles. The fourth-order valence-corrected chi connectivity index (χ4v) is 4.25. The van der Waals surface area contributed by atoms with E-state index in [1.54, 1.807) is 6.08 Å². The van der Waals surface area contributed by atoms with E-state index >= 15 is 0 Å². The zero-order valence-corrected chi connectivity index (χ0v) is 11.9. The van der Waals surface area contributed by atoms with Gasteiger partial charge in [0.25, 0.3) is 0 Å². The summed E-state index contributed by atoms with van der Waals surface area (Å²) < 4.78 is 5.64. The highest BCUT2D eigenvalue weighted by Gasteiger charge is 2.52. The van der Waals surface area contributed by atoms with Crippen LogP contribution in [-0.2, 0) is 14.3 Å². The third-order valence-electron chi connectivity index (χ3n) is 5.08. The van der Waals surface area contributed by atoms with Crippen LogP contribution in [-0.4, -0.2) is 17.9 Å². The number of carbonyl (C=O) groups excluding carboxylic acids is 2. The molecule has 0 spiro atoms. The van der Waals surface area contributed by atoms with Gasteiger partial charge in [0, 0.05) is 17.4 Å². The summed E-state index contributed by atoms with van der Waals surface area (Å²) in [6.45, 7) is 8.16. The molecule has 3 rings (SSSR count). The number of fused-ring (bicyclic) bond motifs is 3. The lowest BCUT2D eigenvalue weighted by molar-refractivity contribution is -0.144. The summed E-state index contributed by atoms with van der Waals surface area (Å²) in [5.41, 5.74) is 3.11. The Hall–Kier alpha value is -1.38. The second-order valence-electron chi connectivity index (χ2n) is 6.37. The molecule has 1 fully saturated rings. The van der Waals surface area contributed by atoms with Crippen LogP contribution in [0.5, 0.6) is 0 Å². The topological polar surface area (TPSA) is 43.4 Å². The Kier molecular flexibility index (Phi) is 2.70. The molecule has 3 heteroatoms. The van der Waals surface area contributed by atoms with Gasteiger partial charge >= 0.3 is 5.97 Å². The number of allylic oxidation sites excluding steroid dienone is 2. The number of hydrogen-bond donors (Lipinski definition) is 0. The predicted molar refractivity (Wildman–Crippen MR) is 71.3 cm³/mol. The van der Waals surface area contributed by atoms with Crippen LogP contribution in [0.4, 0.5) is 0 Å². The Balaban J connectivity index is 2.11. The summed E-state index contributed by atoms with van der Waals surface area (Å²) in [5, 5.41) is 0. The Morgan fingerprint density at radius 3 is 2.58 bits per heavy atom. The molecular weight excluding hydrogens is 240 g/mol. The van der Waals surface area contributed by atoms with Gasteiger partial charge in [0.05, 0.1) is 5.92 Å². The van der Waals surface area contributed by atoms with Gasteiger partial charge in [-0.3, -0.25) is 9.59 Å². The van der Waals surface area contributed by atoms with Gasteiger partial charge in [0.15, 0.2) is 5.78 Å². The summed E-state index contributed by atoms with van der Waals surface area (Å²) in [7, 11) is 0. The van der Waals surface area contributed by atoms with E-state index in [4.69, 9.17) is 4.74 Å². The monoisotopic (exact) mass is 260 g/mol. The van der Waals surface area contributed by atoms with Crippen LogP contribution in [0.1, 0.15) is 34.1 Å². The maximum Gasteiger partial charge on any atom is 0.309 e. The number of ether oxygens (including phenoxy) is 1. The van der Waals surface area contributed by atoms with Crippen molar-refractivity contribution in [2.75, 3.05) is 0 Å². The third-order valence-corrected chi connectivity index (χ3v) is 5.08. The standard InChI is InChI=1S/C16H20O3/c1-7-5-8(2)13-11(17)6-9(3)14(13)15-12(7)10(4)16(18)19-15/h6-7,10,12,14-15H,5H2,1-4H3/t7-,10-,12?,14?,15-/m0/s1. The van der Waals surface area contributed by atoms with Crippen molar-refractivity contribution in [2.24, 2.45) is 23.7 Å². The van der Waals surface area contributed by atoms with Gasteiger partial charge in [-0.1, -0.05) is 25.0 Å². The summed E-state index contributed by atoms with van der Waals surface area (Å²) >= 11 is 0. The van der Waals surface area contributed by atoms with E-state index in [-0.39, 0.29) is 35.6 Å². The average Bonchev–Trinajstić information content (AvgIpc) is 2.72. The average molecular weight is 260 g/mol. The second kappa shape index (κ2) is 4.06. The molecule has 3 aliphatic rings. The third kappa shape index (κ3) is 1.63. The number of carbonyl (C=O) groups is 2. The maximum atomic E-state index is 12.2. The molecule has 0 N–H and O–H groups in total. The smallest absolute Gasteiger partial charge is 0.309 e. The Labute approximate surface area is 113 Å². The number of rotatable bonds is 0. The molecule has 19 heavy (non-hydrogen) atoms. The van der Waals surface area contributed by atoms with Crippen LogP contribution in [0, 0.1) is 23.7 Å². The van der Waals surface area contributed by atoms with Crippen molar-refractivity contribution in [1.29, 1.82) is 0 Å². The van der Waals surface area contributed by atoms with E-state index in [1.807, 2.05) is 13.8 Å². The molecule has 2 unspecified atom stereocenters. The molecule has 0 amide bonds. The maximum absolute atomic E-state index is 12.2. The molecule has 1 aliphatic heterocycles. The van der Waals surface area contributed by atoms with Crippen molar-refractivity contribution < 1.29 is 14.3 Å².